The second-order valence-corrected chi connectivity index (χ2v) is 7.00. The number of aromatic hydroxyl groups is 1. The number of pyridine rings is 1. The number of phenolic OH excluding ortho intramolecular Hbond substituents is 1. The van der Waals surface area contributed by atoms with Crippen molar-refractivity contribution in [3.05, 3.63) is 50.1 Å². The number of amides is 1. The van der Waals surface area contributed by atoms with Gasteiger partial charge in [-0.2, -0.15) is 0 Å². The first-order chi connectivity index (χ1) is 11.2. The Kier molecular flexibility index (Phi) is 3.60. The summed E-state index contributed by atoms with van der Waals surface area (Å²) in [5, 5.41) is 10.4. The molecule has 0 aliphatic rings. The number of thiophene rings is 1. The van der Waals surface area contributed by atoms with E-state index in [2.05, 4.69) is 0 Å². The van der Waals surface area contributed by atoms with Gasteiger partial charge < -0.3 is 16.6 Å². The number of primary amides is 1. The van der Waals surface area contributed by atoms with E-state index in [1.165, 1.54) is 15.9 Å². The Morgan fingerprint density at radius 2 is 1.92 bits per heavy atom. The lowest BCUT2D eigenvalue weighted by atomic mass is 10.1. The molecule has 2 heterocycles. The maximum atomic E-state index is 13.0. The Labute approximate surface area is 141 Å². The number of phenols is 1. The molecule has 3 rings (SSSR count). The highest BCUT2D eigenvalue weighted by Crippen LogP contribution is 2.33. The summed E-state index contributed by atoms with van der Waals surface area (Å²) in [6.07, 6.45) is 0. The third kappa shape index (κ3) is 2.16. The van der Waals surface area contributed by atoms with Gasteiger partial charge in [0.05, 0.1) is 21.3 Å². The Hall–Kier alpha value is -2.80. The summed E-state index contributed by atoms with van der Waals surface area (Å²) < 4.78 is 1.76. The van der Waals surface area contributed by atoms with Gasteiger partial charge in [0, 0.05) is 10.4 Å². The van der Waals surface area contributed by atoms with Gasteiger partial charge in [-0.1, -0.05) is 6.07 Å². The van der Waals surface area contributed by atoms with Crippen LogP contribution in [0, 0.1) is 20.8 Å². The number of anilines is 1. The highest BCUT2D eigenvalue weighted by molar-refractivity contribution is 7.19. The van der Waals surface area contributed by atoms with Gasteiger partial charge in [-0.15, -0.1) is 11.3 Å². The standard InChI is InChI=1S/C17H17N3O3S/c1-7-4-5-11(21)9(3)13(7)20-15(18)12(16(19)22)14-10(17(20)23)6-8(2)24-14/h4-6,21H,18H2,1-3H3,(H2,19,22). The van der Waals surface area contributed by atoms with Crippen molar-refractivity contribution in [1.82, 2.24) is 4.57 Å². The molecule has 6 nitrogen and oxygen atoms in total. The van der Waals surface area contributed by atoms with Crippen molar-refractivity contribution in [3.8, 4) is 11.4 Å². The number of benzene rings is 1. The fourth-order valence-corrected chi connectivity index (χ4v) is 4.01. The van der Waals surface area contributed by atoms with Crippen LogP contribution in [0.4, 0.5) is 5.82 Å². The predicted molar refractivity (Wildman–Crippen MR) is 96.2 cm³/mol. The van der Waals surface area contributed by atoms with Gasteiger partial charge >= 0.3 is 0 Å². The van der Waals surface area contributed by atoms with Gasteiger partial charge in [-0.05, 0) is 38.5 Å². The first kappa shape index (κ1) is 16.1. The Bertz CT molecular complexity index is 1060. The average Bonchev–Trinajstić information content (AvgIpc) is 2.87. The quantitative estimate of drug-likeness (QED) is 0.663. The first-order valence-electron chi connectivity index (χ1n) is 7.28. The van der Waals surface area contributed by atoms with Crippen molar-refractivity contribution in [3.63, 3.8) is 0 Å². The van der Waals surface area contributed by atoms with Gasteiger partial charge in [0.25, 0.3) is 11.5 Å². The van der Waals surface area contributed by atoms with Crippen molar-refractivity contribution in [2.45, 2.75) is 20.8 Å². The maximum absolute atomic E-state index is 13.0. The van der Waals surface area contributed by atoms with Crippen LogP contribution in [0.25, 0.3) is 15.8 Å². The molecule has 0 saturated heterocycles. The van der Waals surface area contributed by atoms with Crippen molar-refractivity contribution in [2.24, 2.45) is 5.73 Å². The van der Waals surface area contributed by atoms with Crippen LogP contribution in [0.15, 0.2) is 23.0 Å². The van der Waals surface area contributed by atoms with E-state index in [-0.39, 0.29) is 22.7 Å². The highest BCUT2D eigenvalue weighted by Gasteiger charge is 2.23. The molecule has 0 bridgehead atoms. The molecule has 0 atom stereocenters. The van der Waals surface area contributed by atoms with E-state index in [4.69, 9.17) is 11.5 Å². The van der Waals surface area contributed by atoms with Crippen LogP contribution in [0.3, 0.4) is 0 Å². The number of carbonyl (C=O) groups is 1. The number of nitrogens with zero attached hydrogens (tertiary/aromatic N) is 1. The maximum Gasteiger partial charge on any atom is 0.265 e. The lowest BCUT2D eigenvalue weighted by Gasteiger charge is -2.18. The van der Waals surface area contributed by atoms with Gasteiger partial charge in [-0.3, -0.25) is 14.2 Å². The number of nitrogen functional groups attached to an aromatic ring is 1. The van der Waals surface area contributed by atoms with E-state index in [0.717, 1.165) is 10.4 Å². The Balaban J connectivity index is 2.58. The molecule has 0 spiro atoms. The molecule has 24 heavy (non-hydrogen) atoms. The smallest absolute Gasteiger partial charge is 0.265 e. The highest BCUT2D eigenvalue weighted by atomic mass is 32.1. The third-order valence-electron chi connectivity index (χ3n) is 4.09. The van der Waals surface area contributed by atoms with E-state index < -0.39 is 5.91 Å². The molecule has 0 aliphatic carbocycles. The van der Waals surface area contributed by atoms with Crippen LogP contribution in [-0.2, 0) is 0 Å². The van der Waals surface area contributed by atoms with Crippen LogP contribution in [0.1, 0.15) is 26.4 Å². The normalized spacial score (nSPS) is 11.1. The molecule has 124 valence electrons. The van der Waals surface area contributed by atoms with Crippen molar-refractivity contribution < 1.29 is 9.90 Å². The topological polar surface area (TPSA) is 111 Å². The molecule has 0 fully saturated rings. The van der Waals surface area contributed by atoms with E-state index in [9.17, 15) is 14.7 Å². The zero-order chi connectivity index (χ0) is 17.8. The number of rotatable bonds is 2. The van der Waals surface area contributed by atoms with Gasteiger partial charge in [0.1, 0.15) is 11.6 Å². The van der Waals surface area contributed by atoms with Gasteiger partial charge in [0.15, 0.2) is 0 Å². The minimum Gasteiger partial charge on any atom is -0.508 e. The van der Waals surface area contributed by atoms with Crippen molar-refractivity contribution in [2.75, 3.05) is 5.73 Å². The summed E-state index contributed by atoms with van der Waals surface area (Å²) in [4.78, 5) is 25.9. The van der Waals surface area contributed by atoms with Gasteiger partial charge in [0.2, 0.25) is 0 Å². The van der Waals surface area contributed by atoms with Crippen molar-refractivity contribution in [1.29, 1.82) is 0 Å². The van der Waals surface area contributed by atoms with Crippen LogP contribution in [-0.4, -0.2) is 15.6 Å². The number of hydrogen-bond donors (Lipinski definition) is 3. The Morgan fingerprint density at radius 1 is 1.25 bits per heavy atom. The Morgan fingerprint density at radius 3 is 2.54 bits per heavy atom. The lowest BCUT2D eigenvalue weighted by molar-refractivity contribution is 0.100. The van der Waals surface area contributed by atoms with E-state index in [1.54, 1.807) is 32.0 Å². The summed E-state index contributed by atoms with van der Waals surface area (Å²) in [5.41, 5.74) is 13.2. The number of aryl methyl sites for hydroxylation is 2. The monoisotopic (exact) mass is 343 g/mol. The molecule has 0 unspecified atom stereocenters. The largest absolute Gasteiger partial charge is 0.508 e. The average molecular weight is 343 g/mol. The SMILES string of the molecule is Cc1cc2c(=O)n(-c3c(C)ccc(O)c3C)c(N)c(C(N)=O)c2s1. The van der Waals surface area contributed by atoms with Crippen LogP contribution in [0.5, 0.6) is 5.75 Å². The summed E-state index contributed by atoms with van der Waals surface area (Å²) in [7, 11) is 0. The number of fused-ring (bicyclic) bond motifs is 1. The zero-order valence-corrected chi connectivity index (χ0v) is 14.3. The first-order valence-corrected chi connectivity index (χ1v) is 8.09. The lowest BCUT2D eigenvalue weighted by Crippen LogP contribution is -2.27. The van der Waals surface area contributed by atoms with Crippen LogP contribution >= 0.6 is 11.3 Å². The summed E-state index contributed by atoms with van der Waals surface area (Å²) in [5.74, 6) is -0.661. The third-order valence-corrected chi connectivity index (χ3v) is 5.16. The summed E-state index contributed by atoms with van der Waals surface area (Å²) in [6.45, 7) is 5.34. The number of aromatic nitrogens is 1. The fourth-order valence-electron chi connectivity index (χ4n) is 2.95. The molecule has 5 N–H and O–H groups in total. The molecule has 1 amide bonds. The minimum atomic E-state index is -0.691. The molecular formula is C17H17N3O3S. The van der Waals surface area contributed by atoms with Crippen molar-refractivity contribution >= 4 is 33.1 Å². The second-order valence-electron chi connectivity index (χ2n) is 5.74. The fraction of sp³-hybridized carbons (Fsp3) is 0.176. The van der Waals surface area contributed by atoms with E-state index in [0.29, 0.717) is 21.3 Å². The molecular weight excluding hydrogens is 326 g/mol. The molecule has 2 aromatic heterocycles. The molecule has 3 aromatic rings. The molecule has 0 radical (unpaired) electrons. The number of carbonyl (C=O) groups excluding carboxylic acids is 1. The van der Waals surface area contributed by atoms with E-state index in [1.807, 2.05) is 6.92 Å². The summed E-state index contributed by atoms with van der Waals surface area (Å²) in [6, 6.07) is 4.96. The molecule has 0 saturated carbocycles. The van der Waals surface area contributed by atoms with E-state index >= 15 is 0 Å². The molecule has 0 aliphatic heterocycles. The number of hydrogen-bond acceptors (Lipinski definition) is 5. The van der Waals surface area contributed by atoms with Gasteiger partial charge in [-0.25, -0.2) is 0 Å². The summed E-state index contributed by atoms with van der Waals surface area (Å²) >= 11 is 1.31. The molecule has 7 heteroatoms. The zero-order valence-electron chi connectivity index (χ0n) is 13.5. The van der Waals surface area contributed by atoms with Crippen LogP contribution in [0.2, 0.25) is 0 Å². The number of nitrogens with two attached hydrogens (primary N) is 2. The molecule has 1 aromatic carbocycles. The predicted octanol–water partition coefficient (Wildman–Crippen LogP) is 2.36. The second kappa shape index (κ2) is 5.38. The van der Waals surface area contributed by atoms with Crippen LogP contribution < -0.4 is 17.0 Å². The minimum absolute atomic E-state index is 0.0151.